The summed E-state index contributed by atoms with van der Waals surface area (Å²) in [6.07, 6.45) is 2.48. The zero-order chi connectivity index (χ0) is 21.2. The molecule has 0 spiro atoms. The summed E-state index contributed by atoms with van der Waals surface area (Å²) in [5.41, 5.74) is 1.39. The molecule has 1 aliphatic heterocycles. The van der Waals surface area contributed by atoms with Gasteiger partial charge in [0.25, 0.3) is 5.56 Å². The Hall–Kier alpha value is -2.56. The molecule has 2 aromatic rings. The molecule has 0 N–H and O–H groups in total. The second-order valence-electron chi connectivity index (χ2n) is 9.65. The van der Waals surface area contributed by atoms with Crippen molar-refractivity contribution in [3.63, 3.8) is 0 Å². The van der Waals surface area contributed by atoms with Gasteiger partial charge in [0.05, 0.1) is 0 Å². The molecule has 0 aliphatic carbocycles. The summed E-state index contributed by atoms with van der Waals surface area (Å²) >= 11 is 0. The second kappa shape index (κ2) is 8.05. The van der Waals surface area contributed by atoms with E-state index < -0.39 is 5.60 Å². The number of piperidine rings is 1. The molecule has 1 aromatic heterocycles. The van der Waals surface area contributed by atoms with Crippen LogP contribution in [0.5, 0.6) is 0 Å². The fourth-order valence-corrected chi connectivity index (χ4v) is 3.93. The number of amides is 1. The summed E-state index contributed by atoms with van der Waals surface area (Å²) in [6, 6.07) is 13.6. The van der Waals surface area contributed by atoms with E-state index in [0.29, 0.717) is 25.6 Å². The highest BCUT2D eigenvalue weighted by molar-refractivity contribution is 5.68. The first-order valence-electron chi connectivity index (χ1n) is 10.3. The molecule has 1 atom stereocenters. The first kappa shape index (κ1) is 21.2. The van der Waals surface area contributed by atoms with Crippen LogP contribution in [0.1, 0.15) is 41.0 Å². The van der Waals surface area contributed by atoms with Crippen molar-refractivity contribution in [2.75, 3.05) is 13.1 Å². The molecule has 5 nitrogen and oxygen atoms in total. The Labute approximate surface area is 173 Å². The maximum absolute atomic E-state index is 12.7. The van der Waals surface area contributed by atoms with Gasteiger partial charge in [0.1, 0.15) is 5.60 Å². The standard InChI is InChI=1S/C24H32N2O3/c1-23(2,3)29-22(28)26-14-12-20(24(4,5)17-26)16-25-13-11-19(15-21(25)27)18-9-7-6-8-10-18/h6-11,13,15,20H,12,14,16-17H2,1-5H3. The van der Waals surface area contributed by atoms with Gasteiger partial charge in [-0.05, 0) is 55.7 Å². The fourth-order valence-electron chi connectivity index (χ4n) is 3.93. The number of carbonyl (C=O) groups excluding carboxylic acids is 1. The SMILES string of the molecule is CC(C)(C)OC(=O)N1CCC(Cn2ccc(-c3ccccc3)cc2=O)C(C)(C)C1. The lowest BCUT2D eigenvalue weighted by Gasteiger charge is -2.44. The van der Waals surface area contributed by atoms with Gasteiger partial charge in [-0.2, -0.15) is 0 Å². The van der Waals surface area contributed by atoms with Gasteiger partial charge in [0.2, 0.25) is 0 Å². The number of aromatic nitrogens is 1. The summed E-state index contributed by atoms with van der Waals surface area (Å²) < 4.78 is 7.32. The van der Waals surface area contributed by atoms with Gasteiger partial charge in [-0.25, -0.2) is 4.79 Å². The summed E-state index contributed by atoms with van der Waals surface area (Å²) in [4.78, 5) is 26.9. The molecule has 1 unspecified atom stereocenters. The Balaban J connectivity index is 1.70. The molecule has 0 radical (unpaired) electrons. The van der Waals surface area contributed by atoms with E-state index in [0.717, 1.165) is 17.5 Å². The van der Waals surface area contributed by atoms with Crippen LogP contribution in [0.25, 0.3) is 11.1 Å². The Morgan fingerprint density at radius 2 is 1.83 bits per heavy atom. The number of hydrogen-bond donors (Lipinski definition) is 0. The maximum atomic E-state index is 12.7. The number of likely N-dealkylation sites (tertiary alicyclic amines) is 1. The van der Waals surface area contributed by atoms with Crippen LogP contribution in [-0.2, 0) is 11.3 Å². The van der Waals surface area contributed by atoms with E-state index in [1.807, 2.05) is 63.4 Å². The number of carbonyl (C=O) groups is 1. The van der Waals surface area contributed by atoms with Crippen molar-refractivity contribution < 1.29 is 9.53 Å². The van der Waals surface area contributed by atoms with E-state index in [1.165, 1.54) is 0 Å². The molecule has 5 heteroatoms. The van der Waals surface area contributed by atoms with Crippen LogP contribution in [0.4, 0.5) is 4.79 Å². The van der Waals surface area contributed by atoms with Crippen molar-refractivity contribution in [1.29, 1.82) is 0 Å². The monoisotopic (exact) mass is 396 g/mol. The molecule has 1 fully saturated rings. The Morgan fingerprint density at radius 3 is 2.41 bits per heavy atom. The fraction of sp³-hybridized carbons (Fsp3) is 0.500. The van der Waals surface area contributed by atoms with Gasteiger partial charge in [-0.1, -0.05) is 44.2 Å². The number of pyridine rings is 1. The van der Waals surface area contributed by atoms with E-state index in [2.05, 4.69) is 13.8 Å². The van der Waals surface area contributed by atoms with Gasteiger partial charge in [-0.3, -0.25) is 4.79 Å². The van der Waals surface area contributed by atoms with Crippen LogP contribution < -0.4 is 5.56 Å². The Bertz CT molecular complexity index is 910. The third-order valence-electron chi connectivity index (χ3n) is 5.62. The first-order valence-corrected chi connectivity index (χ1v) is 10.3. The minimum atomic E-state index is -0.494. The van der Waals surface area contributed by atoms with Crippen LogP contribution >= 0.6 is 0 Å². The normalized spacial score (nSPS) is 19.1. The molecule has 2 heterocycles. The molecular formula is C24H32N2O3. The second-order valence-corrected chi connectivity index (χ2v) is 9.65. The van der Waals surface area contributed by atoms with Gasteiger partial charge in [-0.15, -0.1) is 0 Å². The molecule has 1 aliphatic rings. The van der Waals surface area contributed by atoms with E-state index in [9.17, 15) is 9.59 Å². The molecule has 1 aromatic carbocycles. The van der Waals surface area contributed by atoms with Crippen LogP contribution in [-0.4, -0.2) is 34.3 Å². The first-order chi connectivity index (χ1) is 13.5. The molecule has 156 valence electrons. The largest absolute Gasteiger partial charge is 0.444 e. The molecule has 29 heavy (non-hydrogen) atoms. The summed E-state index contributed by atoms with van der Waals surface area (Å²) in [7, 11) is 0. The molecule has 1 saturated heterocycles. The summed E-state index contributed by atoms with van der Waals surface area (Å²) in [5.74, 6) is 0.307. The molecular weight excluding hydrogens is 364 g/mol. The molecule has 0 saturated carbocycles. The minimum Gasteiger partial charge on any atom is -0.444 e. The van der Waals surface area contributed by atoms with E-state index in [1.54, 1.807) is 15.5 Å². The van der Waals surface area contributed by atoms with Crippen molar-refractivity contribution in [2.45, 2.75) is 53.2 Å². The zero-order valence-electron chi connectivity index (χ0n) is 18.1. The van der Waals surface area contributed by atoms with Crippen molar-refractivity contribution in [2.24, 2.45) is 11.3 Å². The van der Waals surface area contributed by atoms with Crippen molar-refractivity contribution in [3.8, 4) is 11.1 Å². The van der Waals surface area contributed by atoms with E-state index in [-0.39, 0.29) is 17.1 Å². The van der Waals surface area contributed by atoms with Crippen LogP contribution in [0.3, 0.4) is 0 Å². The Morgan fingerprint density at radius 1 is 1.14 bits per heavy atom. The molecule has 1 amide bonds. The molecule has 3 rings (SSSR count). The average Bonchev–Trinajstić information content (AvgIpc) is 2.63. The van der Waals surface area contributed by atoms with Crippen molar-refractivity contribution in [1.82, 2.24) is 9.47 Å². The van der Waals surface area contributed by atoms with Gasteiger partial charge in [0, 0.05) is 31.9 Å². The highest BCUT2D eigenvalue weighted by Crippen LogP contribution is 2.36. The third kappa shape index (κ3) is 5.28. The lowest BCUT2D eigenvalue weighted by molar-refractivity contribution is -0.00687. The predicted molar refractivity (Wildman–Crippen MR) is 116 cm³/mol. The average molecular weight is 397 g/mol. The number of rotatable bonds is 3. The summed E-state index contributed by atoms with van der Waals surface area (Å²) in [5, 5.41) is 0. The van der Waals surface area contributed by atoms with Crippen molar-refractivity contribution >= 4 is 6.09 Å². The topological polar surface area (TPSA) is 51.5 Å². The van der Waals surface area contributed by atoms with Crippen molar-refractivity contribution in [3.05, 3.63) is 59.0 Å². The van der Waals surface area contributed by atoms with Crippen LogP contribution in [0.15, 0.2) is 53.5 Å². The number of benzene rings is 1. The quantitative estimate of drug-likeness (QED) is 0.749. The van der Waals surface area contributed by atoms with Gasteiger partial charge < -0.3 is 14.2 Å². The lowest BCUT2D eigenvalue weighted by Crippen LogP contribution is -2.50. The number of ether oxygens (including phenoxy) is 1. The Kier molecular flexibility index (Phi) is 5.87. The number of hydrogen-bond acceptors (Lipinski definition) is 3. The smallest absolute Gasteiger partial charge is 0.410 e. The van der Waals surface area contributed by atoms with Crippen LogP contribution in [0.2, 0.25) is 0 Å². The van der Waals surface area contributed by atoms with Gasteiger partial charge >= 0.3 is 6.09 Å². The zero-order valence-corrected chi connectivity index (χ0v) is 18.1. The highest BCUT2D eigenvalue weighted by Gasteiger charge is 2.39. The maximum Gasteiger partial charge on any atom is 0.410 e. The third-order valence-corrected chi connectivity index (χ3v) is 5.62. The lowest BCUT2D eigenvalue weighted by atomic mass is 9.74. The van der Waals surface area contributed by atoms with Crippen LogP contribution in [0, 0.1) is 11.3 Å². The highest BCUT2D eigenvalue weighted by atomic mass is 16.6. The minimum absolute atomic E-state index is 0.0109. The summed E-state index contributed by atoms with van der Waals surface area (Å²) in [6.45, 7) is 11.9. The number of nitrogens with zero attached hydrogens (tertiary/aromatic N) is 2. The van der Waals surface area contributed by atoms with Gasteiger partial charge in [0.15, 0.2) is 0 Å². The van der Waals surface area contributed by atoms with E-state index >= 15 is 0 Å². The predicted octanol–water partition coefficient (Wildman–Crippen LogP) is 4.80. The molecule has 0 bridgehead atoms. The van der Waals surface area contributed by atoms with E-state index in [4.69, 9.17) is 4.74 Å².